The Morgan fingerprint density at radius 3 is 2.67 bits per heavy atom. The van der Waals surface area contributed by atoms with Gasteiger partial charge in [0.1, 0.15) is 18.0 Å². The molecule has 190 valence electrons. The number of ketones is 1. The molecule has 2 aliphatic rings. The van der Waals surface area contributed by atoms with Gasteiger partial charge in [-0.3, -0.25) is 14.7 Å². The van der Waals surface area contributed by atoms with Crippen molar-refractivity contribution in [3.8, 4) is 28.7 Å². The van der Waals surface area contributed by atoms with Crippen molar-refractivity contribution in [2.24, 2.45) is 5.92 Å². The van der Waals surface area contributed by atoms with Crippen LogP contribution in [0.15, 0.2) is 42.6 Å². The molecule has 8 nitrogen and oxygen atoms in total. The molecule has 2 fully saturated rings. The highest BCUT2D eigenvalue weighted by molar-refractivity contribution is 5.79. The van der Waals surface area contributed by atoms with Gasteiger partial charge in [-0.25, -0.2) is 9.67 Å². The Bertz CT molecular complexity index is 1170. The second-order valence-corrected chi connectivity index (χ2v) is 10.2. The quantitative estimate of drug-likeness (QED) is 0.425. The van der Waals surface area contributed by atoms with Gasteiger partial charge in [-0.2, -0.15) is 0 Å². The highest BCUT2D eigenvalue weighted by atomic mass is 16.5. The number of fused-ring (bicyclic) bond motifs is 2. The number of benzene rings is 1. The molecule has 0 spiro atoms. The summed E-state index contributed by atoms with van der Waals surface area (Å²) >= 11 is 0. The maximum absolute atomic E-state index is 12.6. The first kappa shape index (κ1) is 24.6. The van der Waals surface area contributed by atoms with E-state index in [4.69, 9.17) is 19.6 Å². The monoisotopic (exact) mass is 489 g/mol. The number of pyridine rings is 1. The summed E-state index contributed by atoms with van der Waals surface area (Å²) in [4.78, 5) is 24.7. The van der Waals surface area contributed by atoms with E-state index in [2.05, 4.69) is 16.0 Å². The van der Waals surface area contributed by atoms with Crippen molar-refractivity contribution in [2.45, 2.75) is 58.2 Å². The van der Waals surface area contributed by atoms with Crippen LogP contribution in [0.4, 0.5) is 0 Å². The van der Waals surface area contributed by atoms with Crippen LogP contribution in [0.2, 0.25) is 0 Å². The van der Waals surface area contributed by atoms with Crippen LogP contribution in [0, 0.1) is 5.92 Å². The number of Topliss-reactive ketones (excluding diaryl/α,β-unsaturated/α-hetero) is 1. The van der Waals surface area contributed by atoms with Gasteiger partial charge >= 0.3 is 0 Å². The van der Waals surface area contributed by atoms with Crippen molar-refractivity contribution in [3.63, 3.8) is 0 Å². The minimum atomic E-state index is 0.131. The number of hydrogen-bond acceptors (Lipinski definition) is 7. The van der Waals surface area contributed by atoms with Crippen LogP contribution in [0.1, 0.15) is 38.7 Å². The maximum atomic E-state index is 12.6. The molecule has 2 bridgehead atoms. The maximum Gasteiger partial charge on any atom is 0.200 e. The molecule has 0 saturated carbocycles. The summed E-state index contributed by atoms with van der Waals surface area (Å²) in [5.41, 5.74) is 2.75. The zero-order valence-electron chi connectivity index (χ0n) is 21.4. The van der Waals surface area contributed by atoms with Crippen molar-refractivity contribution in [1.82, 2.24) is 24.6 Å². The summed E-state index contributed by atoms with van der Waals surface area (Å²) in [6.07, 6.45) is 5.87. The first-order chi connectivity index (χ1) is 17.5. The summed E-state index contributed by atoms with van der Waals surface area (Å²) in [5, 5.41) is 4.70. The van der Waals surface area contributed by atoms with Gasteiger partial charge in [0.25, 0.3) is 0 Å². The van der Waals surface area contributed by atoms with E-state index in [1.54, 1.807) is 11.8 Å². The van der Waals surface area contributed by atoms with Gasteiger partial charge < -0.3 is 9.47 Å². The molecular formula is C28H35N5O3. The van der Waals surface area contributed by atoms with Gasteiger partial charge in [-0.1, -0.05) is 32.0 Å². The van der Waals surface area contributed by atoms with Crippen molar-refractivity contribution in [3.05, 3.63) is 48.2 Å². The third-order valence-electron chi connectivity index (χ3n) is 7.07. The number of rotatable bonds is 10. The molecule has 5 rings (SSSR count). The predicted molar refractivity (Wildman–Crippen MR) is 138 cm³/mol. The lowest BCUT2D eigenvalue weighted by atomic mass is 10.1. The number of methoxy groups -OCH3 is 1. The van der Waals surface area contributed by atoms with Crippen molar-refractivity contribution >= 4 is 5.78 Å². The highest BCUT2D eigenvalue weighted by Crippen LogP contribution is 2.29. The van der Waals surface area contributed by atoms with Crippen LogP contribution in [-0.2, 0) is 22.5 Å². The van der Waals surface area contributed by atoms with Crippen LogP contribution in [-0.4, -0.2) is 69.4 Å². The lowest BCUT2D eigenvalue weighted by Crippen LogP contribution is -2.46. The molecule has 36 heavy (non-hydrogen) atoms. The summed E-state index contributed by atoms with van der Waals surface area (Å²) in [5.74, 6) is 2.31. The molecule has 1 aromatic carbocycles. The zero-order chi connectivity index (χ0) is 25.1. The molecule has 3 aromatic rings. The van der Waals surface area contributed by atoms with E-state index >= 15 is 0 Å². The van der Waals surface area contributed by atoms with Crippen molar-refractivity contribution < 1.29 is 14.3 Å². The highest BCUT2D eigenvalue weighted by Gasteiger charge is 2.36. The number of hydrogen-bond donors (Lipinski definition) is 0. The molecule has 0 radical (unpaired) electrons. The molecule has 4 heterocycles. The van der Waals surface area contributed by atoms with Gasteiger partial charge in [-0.05, 0) is 48.9 Å². The van der Waals surface area contributed by atoms with Crippen molar-refractivity contribution in [1.29, 1.82) is 0 Å². The van der Waals surface area contributed by atoms with E-state index in [-0.39, 0.29) is 12.3 Å². The number of nitrogens with zero attached hydrogens (tertiary/aromatic N) is 5. The third-order valence-corrected chi connectivity index (χ3v) is 7.07. The Balaban J connectivity index is 1.35. The fourth-order valence-corrected chi connectivity index (χ4v) is 5.26. The van der Waals surface area contributed by atoms with Gasteiger partial charge in [0, 0.05) is 36.8 Å². The largest absolute Gasteiger partial charge is 0.497 e. The molecule has 2 unspecified atom stereocenters. The van der Waals surface area contributed by atoms with Crippen LogP contribution in [0.25, 0.3) is 22.9 Å². The molecule has 0 amide bonds. The smallest absolute Gasteiger partial charge is 0.200 e. The van der Waals surface area contributed by atoms with Crippen LogP contribution >= 0.6 is 0 Å². The lowest BCUT2D eigenvalue weighted by Gasteiger charge is -2.34. The topological polar surface area (TPSA) is 82.4 Å². The van der Waals surface area contributed by atoms with Gasteiger partial charge in [0.2, 0.25) is 0 Å². The van der Waals surface area contributed by atoms with E-state index in [0.717, 1.165) is 37.5 Å². The minimum Gasteiger partial charge on any atom is -0.497 e. The van der Waals surface area contributed by atoms with Gasteiger partial charge in [0.05, 0.1) is 20.3 Å². The number of carbonyl (C=O) groups excluding carboxylic acids is 1. The van der Waals surface area contributed by atoms with E-state index in [9.17, 15) is 4.79 Å². The molecule has 2 aliphatic heterocycles. The average molecular weight is 490 g/mol. The second-order valence-electron chi connectivity index (χ2n) is 10.2. The fraction of sp³-hybridized carbons (Fsp3) is 0.500. The second kappa shape index (κ2) is 10.9. The van der Waals surface area contributed by atoms with E-state index in [1.165, 1.54) is 18.4 Å². The van der Waals surface area contributed by atoms with E-state index in [1.807, 2.05) is 50.4 Å². The summed E-state index contributed by atoms with van der Waals surface area (Å²) in [7, 11) is 1.64. The molecule has 0 aliphatic carbocycles. The standard InChI is InChI=1S/C28H35N5O3/c1-19(2)13-24(34)16-33-28(21-5-4-6-25(14-21)35-3)30-27(31-33)26-10-7-20(15-29-26)11-12-32-22-8-9-23(32)18-36-17-22/h4-7,10,14-15,19,22-23H,8-9,11-13,16-18H2,1-3H3. The average Bonchev–Trinajstić information content (AvgIpc) is 3.38. The molecule has 0 N–H and O–H groups in total. The molecule has 2 atom stereocenters. The van der Waals surface area contributed by atoms with E-state index in [0.29, 0.717) is 41.8 Å². The van der Waals surface area contributed by atoms with Gasteiger partial charge in [-0.15, -0.1) is 5.10 Å². The number of ether oxygens (including phenoxy) is 2. The van der Waals surface area contributed by atoms with Crippen molar-refractivity contribution in [2.75, 3.05) is 26.9 Å². The zero-order valence-corrected chi connectivity index (χ0v) is 21.4. The van der Waals surface area contributed by atoms with Crippen LogP contribution in [0.5, 0.6) is 5.75 Å². The minimum absolute atomic E-state index is 0.131. The number of aromatic nitrogens is 4. The lowest BCUT2D eigenvalue weighted by molar-refractivity contribution is -0.120. The summed E-state index contributed by atoms with van der Waals surface area (Å²) < 4.78 is 12.8. The number of carbonyl (C=O) groups is 1. The third kappa shape index (κ3) is 5.50. The number of morpholine rings is 1. The Morgan fingerprint density at radius 2 is 1.97 bits per heavy atom. The van der Waals surface area contributed by atoms with Crippen LogP contribution < -0.4 is 4.74 Å². The van der Waals surface area contributed by atoms with E-state index < -0.39 is 0 Å². The van der Waals surface area contributed by atoms with Crippen LogP contribution in [0.3, 0.4) is 0 Å². The van der Waals surface area contributed by atoms with Gasteiger partial charge in [0.15, 0.2) is 17.4 Å². The first-order valence-corrected chi connectivity index (χ1v) is 12.9. The first-order valence-electron chi connectivity index (χ1n) is 12.9. The Hall–Kier alpha value is -3.10. The molecule has 2 saturated heterocycles. The SMILES string of the molecule is COc1cccc(-c2nc(-c3ccc(CCN4C5CCC4COC5)cn3)nn2CC(=O)CC(C)C)c1. The predicted octanol–water partition coefficient (Wildman–Crippen LogP) is 4.04. The molecule has 8 heteroatoms. The Labute approximate surface area is 212 Å². The molecule has 2 aromatic heterocycles. The Kier molecular flexibility index (Phi) is 7.43. The normalized spacial score (nSPS) is 19.7. The fourth-order valence-electron chi connectivity index (χ4n) is 5.26. The Morgan fingerprint density at radius 1 is 1.17 bits per heavy atom. The summed E-state index contributed by atoms with van der Waals surface area (Å²) in [6, 6.07) is 12.9. The summed E-state index contributed by atoms with van der Waals surface area (Å²) in [6.45, 7) is 7.02. The molecular weight excluding hydrogens is 454 g/mol.